The van der Waals surface area contributed by atoms with Crippen LogP contribution in [-0.4, -0.2) is 33.3 Å². The van der Waals surface area contributed by atoms with Crippen LogP contribution in [0.4, 0.5) is 11.5 Å². The number of anilines is 2. The summed E-state index contributed by atoms with van der Waals surface area (Å²) in [5, 5.41) is 7.45. The molecule has 0 bridgehead atoms. The molecule has 0 aliphatic carbocycles. The van der Waals surface area contributed by atoms with Gasteiger partial charge in [0.25, 0.3) is 0 Å². The second kappa shape index (κ2) is 7.71. The van der Waals surface area contributed by atoms with Crippen LogP contribution in [0.25, 0.3) is 0 Å². The van der Waals surface area contributed by atoms with Gasteiger partial charge in [0.2, 0.25) is 5.91 Å². The molecule has 1 aliphatic rings. The van der Waals surface area contributed by atoms with Gasteiger partial charge in [0, 0.05) is 30.9 Å². The van der Waals surface area contributed by atoms with Crippen molar-refractivity contribution in [3.8, 4) is 0 Å². The summed E-state index contributed by atoms with van der Waals surface area (Å²) in [5.74, 6) is 0.738. The third-order valence-corrected chi connectivity index (χ3v) is 5.78. The van der Waals surface area contributed by atoms with E-state index in [0.29, 0.717) is 6.04 Å². The van der Waals surface area contributed by atoms with Crippen molar-refractivity contribution in [2.75, 3.05) is 16.8 Å². The summed E-state index contributed by atoms with van der Waals surface area (Å²) >= 11 is 0. The summed E-state index contributed by atoms with van der Waals surface area (Å²) in [6.07, 6.45) is 5.49. The highest BCUT2D eigenvalue weighted by Crippen LogP contribution is 2.28. The van der Waals surface area contributed by atoms with E-state index in [0.717, 1.165) is 40.6 Å². The Morgan fingerprint density at radius 2 is 2.04 bits per heavy atom. The Bertz CT molecular complexity index is 841. The molecule has 6 heteroatoms. The molecule has 2 aromatic rings. The highest BCUT2D eigenvalue weighted by molar-refractivity contribution is 5.96. The molecule has 146 valence electrons. The minimum atomic E-state index is -0.263. The fraction of sp³-hybridized carbons (Fsp3) is 0.571. The molecule has 27 heavy (non-hydrogen) atoms. The van der Waals surface area contributed by atoms with Crippen molar-refractivity contribution < 1.29 is 4.79 Å². The number of carbonyl (C=O) groups is 1. The first-order valence-electron chi connectivity index (χ1n) is 9.83. The van der Waals surface area contributed by atoms with Gasteiger partial charge in [-0.2, -0.15) is 5.10 Å². The maximum Gasteiger partial charge on any atom is 0.231 e. The molecular weight excluding hydrogens is 338 g/mol. The molecule has 2 atom stereocenters. The van der Waals surface area contributed by atoms with Crippen LogP contribution in [0.2, 0.25) is 0 Å². The quantitative estimate of drug-likeness (QED) is 0.889. The zero-order chi connectivity index (χ0) is 19.7. The van der Waals surface area contributed by atoms with Crippen molar-refractivity contribution in [2.24, 2.45) is 7.05 Å². The normalized spacial score (nSPS) is 18.4. The summed E-state index contributed by atoms with van der Waals surface area (Å²) in [7, 11) is 1.91. The van der Waals surface area contributed by atoms with Gasteiger partial charge in [0.1, 0.15) is 5.82 Å². The molecule has 1 saturated heterocycles. The van der Waals surface area contributed by atoms with Crippen LogP contribution in [0.5, 0.6) is 0 Å². The summed E-state index contributed by atoms with van der Waals surface area (Å²) < 4.78 is 1.83. The van der Waals surface area contributed by atoms with Gasteiger partial charge < -0.3 is 10.2 Å². The SMILES string of the molecule is Cc1cc(NC(=O)[C@H](C)c2c(C)nn(C)c2C)cnc1N1CCCC[C@H]1C. The predicted octanol–water partition coefficient (Wildman–Crippen LogP) is 3.86. The Morgan fingerprint density at radius 3 is 2.63 bits per heavy atom. The van der Waals surface area contributed by atoms with E-state index in [2.05, 4.69) is 34.1 Å². The van der Waals surface area contributed by atoms with E-state index in [1.54, 1.807) is 6.20 Å². The van der Waals surface area contributed by atoms with Gasteiger partial charge >= 0.3 is 0 Å². The van der Waals surface area contributed by atoms with Gasteiger partial charge in [-0.05, 0) is 65.5 Å². The van der Waals surface area contributed by atoms with Gasteiger partial charge in [-0.3, -0.25) is 9.48 Å². The molecule has 0 unspecified atom stereocenters. The average Bonchev–Trinajstić information content (AvgIpc) is 2.87. The lowest BCUT2D eigenvalue weighted by atomic mass is 9.98. The maximum absolute atomic E-state index is 12.8. The molecule has 6 nitrogen and oxygen atoms in total. The fourth-order valence-electron chi connectivity index (χ4n) is 4.15. The van der Waals surface area contributed by atoms with E-state index in [-0.39, 0.29) is 11.8 Å². The van der Waals surface area contributed by atoms with Gasteiger partial charge in [-0.1, -0.05) is 0 Å². The van der Waals surface area contributed by atoms with Crippen molar-refractivity contribution in [3.05, 3.63) is 34.8 Å². The zero-order valence-corrected chi connectivity index (χ0v) is 17.3. The molecule has 1 aliphatic heterocycles. The summed E-state index contributed by atoms with van der Waals surface area (Å²) in [6, 6.07) is 2.54. The molecule has 1 N–H and O–H groups in total. The highest BCUT2D eigenvalue weighted by Gasteiger charge is 2.24. The van der Waals surface area contributed by atoms with Crippen LogP contribution in [0.3, 0.4) is 0 Å². The number of piperidine rings is 1. The number of hydrogen-bond acceptors (Lipinski definition) is 4. The number of amides is 1. The number of rotatable bonds is 4. The van der Waals surface area contributed by atoms with Crippen LogP contribution < -0.4 is 10.2 Å². The van der Waals surface area contributed by atoms with E-state index < -0.39 is 0 Å². The number of hydrogen-bond donors (Lipinski definition) is 1. The minimum absolute atomic E-state index is 0.0329. The molecule has 1 amide bonds. The molecule has 0 radical (unpaired) electrons. The minimum Gasteiger partial charge on any atom is -0.354 e. The summed E-state index contributed by atoms with van der Waals surface area (Å²) in [4.78, 5) is 19.8. The van der Waals surface area contributed by atoms with Crippen molar-refractivity contribution >= 4 is 17.4 Å². The monoisotopic (exact) mass is 369 g/mol. The van der Waals surface area contributed by atoms with Gasteiger partial charge in [0.05, 0.1) is 23.5 Å². The lowest BCUT2D eigenvalue weighted by Gasteiger charge is -2.35. The first-order valence-corrected chi connectivity index (χ1v) is 9.83. The number of aryl methyl sites for hydroxylation is 3. The van der Waals surface area contributed by atoms with Gasteiger partial charge in [-0.15, -0.1) is 0 Å². The van der Waals surface area contributed by atoms with Crippen molar-refractivity contribution in [3.63, 3.8) is 0 Å². The second-order valence-corrected chi connectivity index (χ2v) is 7.82. The van der Waals surface area contributed by atoms with Crippen LogP contribution in [0, 0.1) is 20.8 Å². The number of carbonyl (C=O) groups excluding carboxylic acids is 1. The van der Waals surface area contributed by atoms with Crippen molar-refractivity contribution in [2.45, 2.75) is 65.8 Å². The third kappa shape index (κ3) is 3.84. The lowest BCUT2D eigenvalue weighted by Crippen LogP contribution is -2.38. The highest BCUT2D eigenvalue weighted by atomic mass is 16.1. The van der Waals surface area contributed by atoms with Crippen LogP contribution in [0.15, 0.2) is 12.3 Å². The number of nitrogens with zero attached hydrogens (tertiary/aromatic N) is 4. The average molecular weight is 370 g/mol. The Balaban J connectivity index is 1.75. The topological polar surface area (TPSA) is 63.1 Å². The van der Waals surface area contributed by atoms with Crippen molar-refractivity contribution in [1.29, 1.82) is 0 Å². The lowest BCUT2D eigenvalue weighted by molar-refractivity contribution is -0.117. The largest absolute Gasteiger partial charge is 0.354 e. The van der Waals surface area contributed by atoms with Crippen LogP contribution >= 0.6 is 0 Å². The number of pyridine rings is 1. The Labute approximate surface area is 162 Å². The maximum atomic E-state index is 12.8. The number of aromatic nitrogens is 3. The predicted molar refractivity (Wildman–Crippen MR) is 109 cm³/mol. The van der Waals surface area contributed by atoms with Gasteiger partial charge in [0.15, 0.2) is 0 Å². The first-order chi connectivity index (χ1) is 12.8. The second-order valence-electron chi connectivity index (χ2n) is 7.82. The van der Waals surface area contributed by atoms with E-state index >= 15 is 0 Å². The molecule has 3 heterocycles. The summed E-state index contributed by atoms with van der Waals surface area (Å²) in [6.45, 7) is 11.3. The smallest absolute Gasteiger partial charge is 0.231 e. The number of nitrogens with one attached hydrogen (secondary N) is 1. The van der Waals surface area contributed by atoms with E-state index in [1.165, 1.54) is 19.3 Å². The zero-order valence-electron chi connectivity index (χ0n) is 17.3. The first kappa shape index (κ1) is 19.4. The fourth-order valence-corrected chi connectivity index (χ4v) is 4.15. The molecule has 0 saturated carbocycles. The van der Waals surface area contributed by atoms with E-state index in [9.17, 15) is 4.79 Å². The standard InChI is InChI=1S/C21H31N5O/c1-13-11-18(12-22-20(13)26-10-8-7-9-14(26)2)23-21(27)15(3)19-16(4)24-25(6)17(19)5/h11-12,14-15H,7-10H2,1-6H3,(H,23,27)/t14-,15-/m1/s1. The van der Waals surface area contributed by atoms with Crippen LogP contribution in [-0.2, 0) is 11.8 Å². The van der Waals surface area contributed by atoms with E-state index in [4.69, 9.17) is 0 Å². The van der Waals surface area contributed by atoms with Crippen molar-refractivity contribution in [1.82, 2.24) is 14.8 Å². The Kier molecular flexibility index (Phi) is 5.53. The third-order valence-electron chi connectivity index (χ3n) is 5.78. The Hall–Kier alpha value is -2.37. The summed E-state index contributed by atoms with van der Waals surface area (Å²) in [5.41, 5.74) is 4.78. The Morgan fingerprint density at radius 1 is 1.30 bits per heavy atom. The molecule has 1 fully saturated rings. The van der Waals surface area contributed by atoms with E-state index in [1.807, 2.05) is 38.6 Å². The van der Waals surface area contributed by atoms with Gasteiger partial charge in [-0.25, -0.2) is 4.98 Å². The molecule has 0 aromatic carbocycles. The molecule has 2 aromatic heterocycles. The molecule has 3 rings (SSSR count). The molecular formula is C21H31N5O. The molecule has 0 spiro atoms. The van der Waals surface area contributed by atoms with Crippen LogP contribution in [0.1, 0.15) is 61.5 Å².